The second-order valence-electron chi connectivity index (χ2n) is 2.04. The molecule has 3 nitrogen and oxygen atoms in total. The zero-order valence-corrected chi connectivity index (χ0v) is 5.76. The van der Waals surface area contributed by atoms with Crippen LogP contribution >= 0.6 is 0 Å². The van der Waals surface area contributed by atoms with Crippen LogP contribution in [0, 0.1) is 4.91 Å². The molecule has 0 saturated carbocycles. The van der Waals surface area contributed by atoms with Crippen LogP contribution < -0.4 is 0 Å². The van der Waals surface area contributed by atoms with Crippen LogP contribution in [-0.2, 0) is 4.84 Å². The molecule has 0 bridgehead atoms. The van der Waals surface area contributed by atoms with Gasteiger partial charge in [0.1, 0.15) is 0 Å². The first kappa shape index (κ1) is 8.14. The molecule has 9 heavy (non-hydrogen) atoms. The number of nitrogens with zero attached hydrogens (tertiary/aromatic N) is 1. The molecule has 1 atom stereocenters. The van der Waals surface area contributed by atoms with Crippen molar-refractivity contribution in [2.24, 2.45) is 5.34 Å². The summed E-state index contributed by atoms with van der Waals surface area (Å²) >= 11 is 0. The summed E-state index contributed by atoms with van der Waals surface area (Å²) in [6, 6.07) is 0. The highest BCUT2D eigenvalue weighted by Gasteiger charge is 2.19. The molecule has 0 radical (unpaired) electrons. The quantitative estimate of drug-likeness (QED) is 0.331. The normalized spacial score (nSPS) is 15.8. The van der Waals surface area contributed by atoms with Crippen LogP contribution in [0.2, 0.25) is 0 Å². The van der Waals surface area contributed by atoms with E-state index < -0.39 is 5.60 Å². The van der Waals surface area contributed by atoms with Gasteiger partial charge in [0.05, 0.1) is 0 Å². The van der Waals surface area contributed by atoms with Crippen LogP contribution in [0.3, 0.4) is 0 Å². The molecule has 0 saturated heterocycles. The summed E-state index contributed by atoms with van der Waals surface area (Å²) in [5.74, 6) is 0. The van der Waals surface area contributed by atoms with Crippen LogP contribution in [0.1, 0.15) is 20.3 Å². The Balaban J connectivity index is 3.90. The van der Waals surface area contributed by atoms with E-state index in [1.54, 1.807) is 13.0 Å². The van der Waals surface area contributed by atoms with Crippen molar-refractivity contribution < 1.29 is 4.84 Å². The molecule has 0 aromatic heterocycles. The molecule has 0 aliphatic heterocycles. The Kier molecular flexibility index (Phi) is 2.91. The minimum absolute atomic E-state index is 0.582. The van der Waals surface area contributed by atoms with Crippen LogP contribution in [0.25, 0.3) is 0 Å². The topological polar surface area (TPSA) is 38.7 Å². The van der Waals surface area contributed by atoms with Crippen molar-refractivity contribution in [3.05, 3.63) is 17.6 Å². The maximum atomic E-state index is 9.62. The minimum atomic E-state index is -0.582. The van der Waals surface area contributed by atoms with Crippen molar-refractivity contribution in [1.82, 2.24) is 0 Å². The van der Waals surface area contributed by atoms with E-state index in [0.29, 0.717) is 6.42 Å². The van der Waals surface area contributed by atoms with Gasteiger partial charge in [0, 0.05) is 0 Å². The summed E-state index contributed by atoms with van der Waals surface area (Å²) in [5, 5.41) is 2.33. The highest BCUT2D eigenvalue weighted by atomic mass is 16.7. The molecule has 0 aliphatic carbocycles. The van der Waals surface area contributed by atoms with E-state index in [9.17, 15) is 4.91 Å². The molecule has 0 N–H and O–H groups in total. The molecule has 52 valence electrons. The maximum Gasteiger partial charge on any atom is 0.156 e. The van der Waals surface area contributed by atoms with E-state index >= 15 is 0 Å². The predicted octanol–water partition coefficient (Wildman–Crippen LogP) is 2.04. The van der Waals surface area contributed by atoms with Crippen LogP contribution in [0.5, 0.6) is 0 Å². The number of hydrogen-bond acceptors (Lipinski definition) is 3. The molecule has 3 heteroatoms. The molecular weight excluding hydrogens is 118 g/mol. The van der Waals surface area contributed by atoms with Gasteiger partial charge in [0.25, 0.3) is 0 Å². The summed E-state index contributed by atoms with van der Waals surface area (Å²) in [4.78, 5) is 14.1. The van der Waals surface area contributed by atoms with Gasteiger partial charge in [-0.2, -0.15) is 0 Å². The van der Waals surface area contributed by atoms with E-state index in [1.165, 1.54) is 0 Å². The molecule has 0 rings (SSSR count). The highest BCUT2D eigenvalue weighted by molar-refractivity contribution is 4.91. The van der Waals surface area contributed by atoms with Gasteiger partial charge < -0.3 is 4.84 Å². The molecule has 0 aromatic rings. The summed E-state index contributed by atoms with van der Waals surface area (Å²) in [6.07, 6.45) is 2.26. The molecule has 0 heterocycles. The van der Waals surface area contributed by atoms with Crippen molar-refractivity contribution in [1.29, 1.82) is 0 Å². The Labute approximate surface area is 54.6 Å². The van der Waals surface area contributed by atoms with Crippen LogP contribution in [-0.4, -0.2) is 5.60 Å². The van der Waals surface area contributed by atoms with E-state index in [-0.39, 0.29) is 0 Å². The zero-order valence-electron chi connectivity index (χ0n) is 5.76. The van der Waals surface area contributed by atoms with Gasteiger partial charge in [-0.15, -0.1) is 4.91 Å². The Bertz CT molecular complexity index is 114. The van der Waals surface area contributed by atoms with Crippen molar-refractivity contribution in [2.45, 2.75) is 25.9 Å². The number of rotatable bonds is 4. The molecular formula is C6H11NO2. The molecule has 0 amide bonds. The lowest BCUT2D eigenvalue weighted by Gasteiger charge is -2.17. The Morgan fingerprint density at radius 2 is 2.44 bits per heavy atom. The fourth-order valence-electron chi connectivity index (χ4n) is 0.331. The smallest absolute Gasteiger partial charge is 0.156 e. The lowest BCUT2D eigenvalue weighted by atomic mass is 10.1. The summed E-state index contributed by atoms with van der Waals surface area (Å²) in [7, 11) is 0. The fraction of sp³-hybridized carbons (Fsp3) is 0.667. The van der Waals surface area contributed by atoms with Crippen molar-refractivity contribution in [2.75, 3.05) is 0 Å². The van der Waals surface area contributed by atoms with Gasteiger partial charge in [-0.1, -0.05) is 13.5 Å². The second kappa shape index (κ2) is 3.22. The van der Waals surface area contributed by atoms with Gasteiger partial charge in [0.2, 0.25) is 0 Å². The summed E-state index contributed by atoms with van der Waals surface area (Å²) in [6.45, 7) is 7.15. The standard InChI is InChI=1S/C6H11NO2/c1-4-6(3,5-2)9-7-8/h4H,1,5H2,2-3H3. The average molecular weight is 129 g/mol. The first-order chi connectivity index (χ1) is 4.18. The van der Waals surface area contributed by atoms with Crippen molar-refractivity contribution >= 4 is 0 Å². The van der Waals surface area contributed by atoms with Gasteiger partial charge >= 0.3 is 0 Å². The predicted molar refractivity (Wildman–Crippen MR) is 35.8 cm³/mol. The number of hydrogen-bond donors (Lipinski definition) is 0. The minimum Gasteiger partial charge on any atom is -0.354 e. The first-order valence-electron chi connectivity index (χ1n) is 2.83. The van der Waals surface area contributed by atoms with Gasteiger partial charge in [-0.3, -0.25) is 0 Å². The third-order valence-electron chi connectivity index (χ3n) is 1.38. The van der Waals surface area contributed by atoms with Gasteiger partial charge in [0.15, 0.2) is 10.9 Å². The van der Waals surface area contributed by atoms with Crippen molar-refractivity contribution in [3.8, 4) is 0 Å². The molecule has 0 aromatic carbocycles. The summed E-state index contributed by atoms with van der Waals surface area (Å²) in [5.41, 5.74) is -0.582. The molecule has 0 spiro atoms. The van der Waals surface area contributed by atoms with E-state index in [1.807, 2.05) is 6.92 Å². The van der Waals surface area contributed by atoms with Crippen LogP contribution in [0.15, 0.2) is 18.0 Å². The van der Waals surface area contributed by atoms with E-state index in [2.05, 4.69) is 16.8 Å². The highest BCUT2D eigenvalue weighted by Crippen LogP contribution is 2.15. The van der Waals surface area contributed by atoms with E-state index in [0.717, 1.165) is 0 Å². The summed E-state index contributed by atoms with van der Waals surface area (Å²) < 4.78 is 0. The molecule has 0 fully saturated rings. The molecule has 1 unspecified atom stereocenters. The van der Waals surface area contributed by atoms with Gasteiger partial charge in [-0.25, -0.2) is 0 Å². The first-order valence-corrected chi connectivity index (χ1v) is 2.83. The fourth-order valence-corrected chi connectivity index (χ4v) is 0.331. The van der Waals surface area contributed by atoms with Crippen LogP contribution in [0.4, 0.5) is 0 Å². The van der Waals surface area contributed by atoms with E-state index in [4.69, 9.17) is 0 Å². The maximum absolute atomic E-state index is 9.62. The zero-order chi connectivity index (χ0) is 7.33. The third kappa shape index (κ3) is 2.26. The lowest BCUT2D eigenvalue weighted by molar-refractivity contribution is 0.00377. The second-order valence-corrected chi connectivity index (χ2v) is 2.04. The average Bonchev–Trinajstić information content (AvgIpc) is 1.89. The Morgan fingerprint density at radius 1 is 1.89 bits per heavy atom. The van der Waals surface area contributed by atoms with Gasteiger partial charge in [-0.05, 0) is 19.4 Å². The monoisotopic (exact) mass is 129 g/mol. The third-order valence-corrected chi connectivity index (χ3v) is 1.38. The van der Waals surface area contributed by atoms with Crippen molar-refractivity contribution in [3.63, 3.8) is 0 Å². The Hall–Kier alpha value is -0.860. The lowest BCUT2D eigenvalue weighted by Crippen LogP contribution is -2.21. The Morgan fingerprint density at radius 3 is 2.56 bits per heavy atom. The molecule has 0 aliphatic rings. The largest absolute Gasteiger partial charge is 0.354 e. The SMILES string of the molecule is C=CC(C)(CC)ON=O.